The summed E-state index contributed by atoms with van der Waals surface area (Å²) >= 11 is 0. The molecular formula is C24H32FN3O3. The number of rotatable bonds is 7. The monoisotopic (exact) mass is 429 g/mol. The van der Waals surface area contributed by atoms with Crippen molar-refractivity contribution in [1.29, 1.82) is 0 Å². The molecule has 3 aliphatic rings. The fraction of sp³-hybridized carbons (Fsp3) is 0.667. The normalized spacial score (nSPS) is 25.0. The van der Waals surface area contributed by atoms with Crippen LogP contribution in [0.2, 0.25) is 0 Å². The lowest BCUT2D eigenvalue weighted by Gasteiger charge is -2.46. The predicted octanol–water partition coefficient (Wildman–Crippen LogP) is 4.08. The zero-order chi connectivity index (χ0) is 21.5. The first kappa shape index (κ1) is 20.9. The quantitative estimate of drug-likeness (QED) is 0.621. The molecule has 5 rings (SSSR count). The van der Waals surface area contributed by atoms with E-state index in [9.17, 15) is 9.18 Å². The predicted molar refractivity (Wildman–Crippen MR) is 116 cm³/mol. The molecular weight excluding hydrogens is 397 g/mol. The Hall–Kier alpha value is -1.99. The molecule has 2 aromatic heterocycles. The van der Waals surface area contributed by atoms with E-state index in [0.29, 0.717) is 47.4 Å². The first-order valence-electron chi connectivity index (χ1n) is 11.7. The Balaban J connectivity index is 1.25. The van der Waals surface area contributed by atoms with E-state index in [1.807, 2.05) is 6.92 Å². The Kier molecular flexibility index (Phi) is 5.73. The zero-order valence-corrected chi connectivity index (χ0v) is 18.5. The summed E-state index contributed by atoms with van der Waals surface area (Å²) in [7, 11) is 0. The highest BCUT2D eigenvalue weighted by molar-refractivity contribution is 6.05. The van der Waals surface area contributed by atoms with Crippen LogP contribution in [0, 0.1) is 18.7 Å². The lowest BCUT2D eigenvalue weighted by molar-refractivity contribution is -0.0859. The molecule has 7 heteroatoms. The molecule has 31 heavy (non-hydrogen) atoms. The van der Waals surface area contributed by atoms with Gasteiger partial charge in [0.2, 0.25) is 0 Å². The minimum absolute atomic E-state index is 0.292. The Morgan fingerprint density at radius 1 is 1.16 bits per heavy atom. The second kappa shape index (κ2) is 8.51. The molecule has 3 fully saturated rings. The number of ether oxygens (including phenoxy) is 2. The Bertz CT molecular complexity index is 957. The van der Waals surface area contributed by atoms with Crippen molar-refractivity contribution >= 4 is 17.0 Å². The largest absolute Gasteiger partial charge is 0.462 e. The lowest BCUT2D eigenvalue weighted by atomic mass is 9.84. The van der Waals surface area contributed by atoms with Crippen LogP contribution in [0.15, 0.2) is 12.3 Å². The SMILES string of the molecule is CCOC(=O)c1c(C)n(CC2CCC(N3CC(OC4CC4)C3)CC2)c2ncc(F)cc12. The Morgan fingerprint density at radius 3 is 2.58 bits per heavy atom. The molecule has 2 saturated carbocycles. The molecule has 168 valence electrons. The van der Waals surface area contributed by atoms with E-state index in [4.69, 9.17) is 9.47 Å². The third kappa shape index (κ3) is 4.22. The van der Waals surface area contributed by atoms with Gasteiger partial charge in [-0.05, 0) is 64.4 Å². The summed E-state index contributed by atoms with van der Waals surface area (Å²) in [5.41, 5.74) is 1.93. The molecule has 0 atom stereocenters. The molecule has 0 N–H and O–H groups in total. The van der Waals surface area contributed by atoms with Gasteiger partial charge < -0.3 is 14.0 Å². The van der Waals surface area contributed by atoms with Crippen LogP contribution in [0.1, 0.15) is 61.5 Å². The van der Waals surface area contributed by atoms with E-state index in [2.05, 4.69) is 14.5 Å². The van der Waals surface area contributed by atoms with Crippen LogP contribution in [0.3, 0.4) is 0 Å². The number of nitrogens with zero attached hydrogens (tertiary/aromatic N) is 3. The number of esters is 1. The molecule has 6 nitrogen and oxygen atoms in total. The Morgan fingerprint density at radius 2 is 1.90 bits per heavy atom. The number of likely N-dealkylation sites (tertiary alicyclic amines) is 1. The number of hydrogen-bond acceptors (Lipinski definition) is 5. The van der Waals surface area contributed by atoms with Crippen LogP contribution < -0.4 is 0 Å². The van der Waals surface area contributed by atoms with Crippen LogP contribution in [-0.2, 0) is 16.0 Å². The van der Waals surface area contributed by atoms with Gasteiger partial charge in [0.05, 0.1) is 30.6 Å². The van der Waals surface area contributed by atoms with Gasteiger partial charge in [-0.3, -0.25) is 4.90 Å². The summed E-state index contributed by atoms with van der Waals surface area (Å²) in [6, 6.07) is 2.07. The smallest absolute Gasteiger partial charge is 0.340 e. The highest BCUT2D eigenvalue weighted by Gasteiger charge is 2.38. The standard InChI is InChI=1S/C24H32FN3O3/c1-3-30-24(29)22-15(2)28(23-21(22)10-17(25)11-26-23)12-16-4-6-18(7-5-16)27-13-20(14-27)31-19-8-9-19/h10-11,16,18-20H,3-9,12-14H2,1-2H3. The second-order valence-corrected chi connectivity index (χ2v) is 9.40. The number of carbonyl (C=O) groups excluding carboxylic acids is 1. The van der Waals surface area contributed by atoms with Crippen molar-refractivity contribution in [2.45, 2.75) is 77.2 Å². The topological polar surface area (TPSA) is 56.6 Å². The minimum Gasteiger partial charge on any atom is -0.462 e. The highest BCUT2D eigenvalue weighted by atomic mass is 19.1. The first-order chi connectivity index (χ1) is 15.0. The molecule has 3 heterocycles. The van der Waals surface area contributed by atoms with Gasteiger partial charge >= 0.3 is 5.97 Å². The first-order valence-corrected chi connectivity index (χ1v) is 11.7. The number of hydrogen-bond donors (Lipinski definition) is 0. The number of pyridine rings is 1. The third-order valence-electron chi connectivity index (χ3n) is 7.16. The van der Waals surface area contributed by atoms with E-state index in [0.717, 1.165) is 38.2 Å². The molecule has 0 spiro atoms. The van der Waals surface area contributed by atoms with E-state index < -0.39 is 11.8 Å². The van der Waals surface area contributed by atoms with Crippen molar-refractivity contribution in [1.82, 2.24) is 14.5 Å². The number of aromatic nitrogens is 2. The molecule has 1 aliphatic heterocycles. The number of carbonyl (C=O) groups is 1. The van der Waals surface area contributed by atoms with Gasteiger partial charge in [0.15, 0.2) is 0 Å². The van der Waals surface area contributed by atoms with E-state index in [1.165, 1.54) is 37.9 Å². The van der Waals surface area contributed by atoms with Crippen LogP contribution in [0.5, 0.6) is 0 Å². The number of fused-ring (bicyclic) bond motifs is 1. The summed E-state index contributed by atoms with van der Waals surface area (Å²) in [5, 5.41) is 0.548. The van der Waals surface area contributed by atoms with E-state index in [-0.39, 0.29) is 0 Å². The van der Waals surface area contributed by atoms with Crippen molar-refractivity contribution < 1.29 is 18.7 Å². The molecule has 0 unspecified atom stereocenters. The summed E-state index contributed by atoms with van der Waals surface area (Å²) in [6.07, 6.45) is 9.43. The van der Waals surface area contributed by atoms with Gasteiger partial charge in [0.1, 0.15) is 11.5 Å². The highest BCUT2D eigenvalue weighted by Crippen LogP contribution is 2.35. The Labute approximate surface area is 182 Å². The fourth-order valence-corrected chi connectivity index (χ4v) is 5.29. The molecule has 0 radical (unpaired) electrons. The lowest BCUT2D eigenvalue weighted by Crippen LogP contribution is -2.57. The summed E-state index contributed by atoms with van der Waals surface area (Å²) in [4.78, 5) is 19.5. The van der Waals surface area contributed by atoms with Gasteiger partial charge in [-0.1, -0.05) is 0 Å². The second-order valence-electron chi connectivity index (χ2n) is 9.40. The van der Waals surface area contributed by atoms with Gasteiger partial charge in [-0.2, -0.15) is 0 Å². The molecule has 1 saturated heterocycles. The molecule has 2 aliphatic carbocycles. The third-order valence-corrected chi connectivity index (χ3v) is 7.16. The maximum atomic E-state index is 13.9. The van der Waals surface area contributed by atoms with Gasteiger partial charge in [0, 0.05) is 36.8 Å². The fourth-order valence-electron chi connectivity index (χ4n) is 5.29. The van der Waals surface area contributed by atoms with Gasteiger partial charge in [-0.15, -0.1) is 0 Å². The maximum Gasteiger partial charge on any atom is 0.340 e. The summed E-state index contributed by atoms with van der Waals surface area (Å²) < 4.78 is 27.2. The van der Waals surface area contributed by atoms with Crippen molar-refractivity contribution in [2.75, 3.05) is 19.7 Å². The average Bonchev–Trinajstić information content (AvgIpc) is 3.50. The van der Waals surface area contributed by atoms with Gasteiger partial charge in [0.25, 0.3) is 0 Å². The van der Waals surface area contributed by atoms with E-state index in [1.54, 1.807) is 6.92 Å². The number of halogens is 1. The minimum atomic E-state index is -0.436. The average molecular weight is 430 g/mol. The van der Waals surface area contributed by atoms with Crippen molar-refractivity contribution in [3.8, 4) is 0 Å². The maximum absolute atomic E-state index is 13.9. The van der Waals surface area contributed by atoms with Crippen LogP contribution in [0.4, 0.5) is 4.39 Å². The molecule has 2 aromatic rings. The van der Waals surface area contributed by atoms with Crippen LogP contribution >= 0.6 is 0 Å². The van der Waals surface area contributed by atoms with Crippen molar-refractivity contribution in [2.24, 2.45) is 5.92 Å². The summed E-state index contributed by atoms with van der Waals surface area (Å²) in [5.74, 6) is -0.304. The molecule has 0 bridgehead atoms. The van der Waals surface area contributed by atoms with Crippen LogP contribution in [-0.4, -0.2) is 58.4 Å². The summed E-state index contributed by atoms with van der Waals surface area (Å²) in [6.45, 7) is 6.97. The van der Waals surface area contributed by atoms with Crippen molar-refractivity contribution in [3.63, 3.8) is 0 Å². The van der Waals surface area contributed by atoms with Crippen molar-refractivity contribution in [3.05, 3.63) is 29.3 Å². The molecule has 0 aromatic carbocycles. The van der Waals surface area contributed by atoms with Gasteiger partial charge in [-0.25, -0.2) is 14.2 Å². The zero-order valence-electron chi connectivity index (χ0n) is 18.5. The molecule has 0 amide bonds. The van der Waals surface area contributed by atoms with Crippen LogP contribution in [0.25, 0.3) is 11.0 Å². The van der Waals surface area contributed by atoms with E-state index >= 15 is 0 Å².